The van der Waals surface area contributed by atoms with Gasteiger partial charge in [-0.15, -0.1) is 0 Å². The van der Waals surface area contributed by atoms with Crippen LogP contribution in [0, 0.1) is 0 Å². The van der Waals surface area contributed by atoms with Crippen LogP contribution < -0.4 is 5.32 Å². The summed E-state index contributed by atoms with van der Waals surface area (Å²) >= 11 is 0. The summed E-state index contributed by atoms with van der Waals surface area (Å²) < 4.78 is 0. The fourth-order valence-corrected chi connectivity index (χ4v) is 1.85. The summed E-state index contributed by atoms with van der Waals surface area (Å²) in [6, 6.07) is 6.52. The summed E-state index contributed by atoms with van der Waals surface area (Å²) in [4.78, 5) is 0. The number of nitrogens with one attached hydrogen (secondary N) is 1. The van der Waals surface area contributed by atoms with Gasteiger partial charge in [-0.1, -0.05) is 30.4 Å². The summed E-state index contributed by atoms with van der Waals surface area (Å²) in [5, 5.41) is 3.46. The van der Waals surface area contributed by atoms with E-state index >= 15 is 0 Å². The Morgan fingerprint density at radius 2 is 2.31 bits per heavy atom. The molecular weight excluding hydrogens is 158 g/mol. The highest BCUT2D eigenvalue weighted by molar-refractivity contribution is 5.70. The number of hydrogen-bond acceptors (Lipinski definition) is 1. The number of para-hydroxylation sites is 1. The lowest BCUT2D eigenvalue weighted by Crippen LogP contribution is -2.12. The van der Waals surface area contributed by atoms with E-state index in [1.165, 1.54) is 29.7 Å². The van der Waals surface area contributed by atoms with E-state index in [1.54, 1.807) is 0 Å². The van der Waals surface area contributed by atoms with E-state index < -0.39 is 0 Å². The number of aryl methyl sites for hydroxylation is 1. The standard InChI is InChI=1S/C12H15N/c1-2-5-10-6-3-7-11-8-4-9-13-12(10)11/h2-3,5-7,13H,4,8-9H2,1H3/b5-2+. The van der Waals surface area contributed by atoms with Crippen LogP contribution in [0.5, 0.6) is 0 Å². The molecule has 0 radical (unpaired) electrons. The van der Waals surface area contributed by atoms with E-state index in [-0.39, 0.29) is 0 Å². The zero-order valence-corrected chi connectivity index (χ0v) is 8.01. The molecular formula is C12H15N. The fourth-order valence-electron chi connectivity index (χ4n) is 1.85. The van der Waals surface area contributed by atoms with Crippen LogP contribution in [0.3, 0.4) is 0 Å². The van der Waals surface area contributed by atoms with E-state index in [0.29, 0.717) is 0 Å². The van der Waals surface area contributed by atoms with Crippen LogP contribution >= 0.6 is 0 Å². The largest absolute Gasteiger partial charge is 0.384 e. The third-order valence-corrected chi connectivity index (χ3v) is 2.45. The van der Waals surface area contributed by atoms with Crippen LogP contribution in [0.15, 0.2) is 24.3 Å². The molecule has 0 spiro atoms. The quantitative estimate of drug-likeness (QED) is 0.688. The average Bonchev–Trinajstić information content (AvgIpc) is 2.19. The average molecular weight is 173 g/mol. The Labute approximate surface area is 79.5 Å². The van der Waals surface area contributed by atoms with Crippen molar-refractivity contribution in [2.45, 2.75) is 19.8 Å². The molecule has 2 rings (SSSR count). The molecule has 1 aromatic rings. The van der Waals surface area contributed by atoms with Crippen LogP contribution in [-0.2, 0) is 6.42 Å². The summed E-state index contributed by atoms with van der Waals surface area (Å²) in [7, 11) is 0. The van der Waals surface area contributed by atoms with Gasteiger partial charge in [0, 0.05) is 12.2 Å². The van der Waals surface area contributed by atoms with Gasteiger partial charge >= 0.3 is 0 Å². The molecule has 0 saturated heterocycles. The zero-order chi connectivity index (χ0) is 9.10. The number of benzene rings is 1. The normalized spacial score (nSPS) is 15.5. The SMILES string of the molecule is C/C=C/c1cccc2c1NCCC2. The molecule has 0 unspecified atom stereocenters. The predicted octanol–water partition coefficient (Wildman–Crippen LogP) is 3.08. The van der Waals surface area contributed by atoms with Gasteiger partial charge in [-0.2, -0.15) is 0 Å². The highest BCUT2D eigenvalue weighted by Gasteiger charge is 2.09. The van der Waals surface area contributed by atoms with E-state index in [4.69, 9.17) is 0 Å². The minimum absolute atomic E-state index is 1.11. The Hall–Kier alpha value is -1.24. The van der Waals surface area contributed by atoms with E-state index in [1.807, 2.05) is 0 Å². The van der Waals surface area contributed by atoms with Crippen LogP contribution in [0.25, 0.3) is 6.08 Å². The highest BCUT2D eigenvalue weighted by Crippen LogP contribution is 2.26. The Bertz CT molecular complexity index is 326. The van der Waals surface area contributed by atoms with Crippen molar-refractivity contribution >= 4 is 11.8 Å². The summed E-state index contributed by atoms with van der Waals surface area (Å²) in [6.45, 7) is 3.17. The summed E-state index contributed by atoms with van der Waals surface area (Å²) in [6.07, 6.45) is 6.73. The molecule has 1 heteroatoms. The second-order valence-corrected chi connectivity index (χ2v) is 3.41. The van der Waals surface area contributed by atoms with Crippen LogP contribution in [0.2, 0.25) is 0 Å². The minimum atomic E-state index is 1.11. The maximum Gasteiger partial charge on any atom is 0.0446 e. The van der Waals surface area contributed by atoms with Crippen molar-refractivity contribution in [1.29, 1.82) is 0 Å². The molecule has 0 aromatic heterocycles. The van der Waals surface area contributed by atoms with Gasteiger partial charge in [-0.3, -0.25) is 0 Å². The van der Waals surface area contributed by atoms with Gasteiger partial charge in [-0.05, 0) is 30.9 Å². The minimum Gasteiger partial charge on any atom is -0.384 e. The summed E-state index contributed by atoms with van der Waals surface area (Å²) in [5.41, 5.74) is 4.12. The lowest BCUT2D eigenvalue weighted by molar-refractivity contribution is 0.829. The Morgan fingerprint density at radius 1 is 1.38 bits per heavy atom. The number of hydrogen-bond donors (Lipinski definition) is 1. The lowest BCUT2D eigenvalue weighted by atomic mass is 9.99. The Balaban J connectivity index is 2.45. The lowest BCUT2D eigenvalue weighted by Gasteiger charge is -2.19. The molecule has 1 nitrogen and oxygen atoms in total. The maximum absolute atomic E-state index is 3.46. The predicted molar refractivity (Wildman–Crippen MR) is 58.0 cm³/mol. The van der Waals surface area contributed by atoms with Crippen molar-refractivity contribution < 1.29 is 0 Å². The van der Waals surface area contributed by atoms with Gasteiger partial charge in [0.15, 0.2) is 0 Å². The topological polar surface area (TPSA) is 12.0 Å². The van der Waals surface area contributed by atoms with Gasteiger partial charge in [-0.25, -0.2) is 0 Å². The number of allylic oxidation sites excluding steroid dienone is 1. The first-order valence-electron chi connectivity index (χ1n) is 4.90. The molecule has 0 fully saturated rings. The highest BCUT2D eigenvalue weighted by atomic mass is 14.9. The number of anilines is 1. The molecule has 0 bridgehead atoms. The second kappa shape index (κ2) is 3.65. The van der Waals surface area contributed by atoms with Crippen molar-refractivity contribution in [1.82, 2.24) is 0 Å². The van der Waals surface area contributed by atoms with E-state index in [0.717, 1.165) is 6.54 Å². The molecule has 0 saturated carbocycles. The first kappa shape index (κ1) is 8.36. The van der Waals surface area contributed by atoms with Crippen molar-refractivity contribution in [3.05, 3.63) is 35.4 Å². The second-order valence-electron chi connectivity index (χ2n) is 3.41. The van der Waals surface area contributed by atoms with E-state index in [2.05, 4.69) is 42.6 Å². The maximum atomic E-state index is 3.46. The van der Waals surface area contributed by atoms with Crippen LogP contribution in [0.4, 0.5) is 5.69 Å². The molecule has 1 aliphatic heterocycles. The van der Waals surface area contributed by atoms with E-state index in [9.17, 15) is 0 Å². The van der Waals surface area contributed by atoms with Crippen molar-refractivity contribution in [3.8, 4) is 0 Å². The molecule has 1 aliphatic rings. The third-order valence-electron chi connectivity index (χ3n) is 2.45. The Morgan fingerprint density at radius 3 is 3.15 bits per heavy atom. The summed E-state index contributed by atoms with van der Waals surface area (Å²) in [5.74, 6) is 0. The van der Waals surface area contributed by atoms with Crippen LogP contribution in [-0.4, -0.2) is 6.54 Å². The monoisotopic (exact) mass is 173 g/mol. The van der Waals surface area contributed by atoms with Crippen molar-refractivity contribution in [2.75, 3.05) is 11.9 Å². The molecule has 0 aliphatic carbocycles. The molecule has 1 aromatic carbocycles. The van der Waals surface area contributed by atoms with Crippen molar-refractivity contribution in [3.63, 3.8) is 0 Å². The molecule has 68 valence electrons. The fraction of sp³-hybridized carbons (Fsp3) is 0.333. The first-order valence-corrected chi connectivity index (χ1v) is 4.90. The van der Waals surface area contributed by atoms with Crippen LogP contribution in [0.1, 0.15) is 24.5 Å². The van der Waals surface area contributed by atoms with Crippen molar-refractivity contribution in [2.24, 2.45) is 0 Å². The molecule has 0 atom stereocenters. The van der Waals surface area contributed by atoms with Gasteiger partial charge < -0.3 is 5.32 Å². The van der Waals surface area contributed by atoms with Gasteiger partial charge in [0.05, 0.1) is 0 Å². The Kier molecular flexibility index (Phi) is 2.35. The zero-order valence-electron chi connectivity index (χ0n) is 8.01. The third kappa shape index (κ3) is 1.59. The molecule has 1 N–H and O–H groups in total. The number of fused-ring (bicyclic) bond motifs is 1. The number of rotatable bonds is 1. The molecule has 13 heavy (non-hydrogen) atoms. The smallest absolute Gasteiger partial charge is 0.0446 e. The van der Waals surface area contributed by atoms with Gasteiger partial charge in [0.1, 0.15) is 0 Å². The molecule has 0 amide bonds. The van der Waals surface area contributed by atoms with Gasteiger partial charge in [0.25, 0.3) is 0 Å². The molecule has 1 heterocycles. The first-order chi connectivity index (χ1) is 6.42. The van der Waals surface area contributed by atoms with Gasteiger partial charge in [0.2, 0.25) is 0 Å².